The van der Waals surface area contributed by atoms with Gasteiger partial charge in [0.25, 0.3) is 11.8 Å². The molecule has 1 fully saturated rings. The van der Waals surface area contributed by atoms with Gasteiger partial charge in [-0.1, -0.05) is 30.8 Å². The monoisotopic (exact) mass is 746 g/mol. The van der Waals surface area contributed by atoms with Crippen molar-refractivity contribution in [2.24, 2.45) is 11.8 Å². The minimum Gasteiger partial charge on any atom is -0.348 e. The van der Waals surface area contributed by atoms with Crippen LogP contribution in [0.2, 0.25) is 0 Å². The number of aromatic nitrogens is 4. The van der Waals surface area contributed by atoms with Gasteiger partial charge in [0.1, 0.15) is 23.9 Å². The molecule has 17 heteroatoms. The lowest BCUT2D eigenvalue weighted by molar-refractivity contribution is -0.142. The van der Waals surface area contributed by atoms with Crippen LogP contribution in [0.15, 0.2) is 46.8 Å². The summed E-state index contributed by atoms with van der Waals surface area (Å²) in [5.74, 6) is -9.76. The first-order valence-corrected chi connectivity index (χ1v) is 17.8. The smallest absolute Gasteiger partial charge is 0.348 e. The van der Waals surface area contributed by atoms with Gasteiger partial charge in [-0.2, -0.15) is 27.1 Å². The van der Waals surface area contributed by atoms with Crippen LogP contribution in [0.4, 0.5) is 30.7 Å². The van der Waals surface area contributed by atoms with Gasteiger partial charge in [0.05, 0.1) is 16.4 Å². The summed E-state index contributed by atoms with van der Waals surface area (Å²) in [7, 11) is 0. The predicted molar refractivity (Wildman–Crippen MR) is 173 cm³/mol. The first-order chi connectivity index (χ1) is 24.1. The van der Waals surface area contributed by atoms with E-state index in [2.05, 4.69) is 20.7 Å². The molecule has 2 N–H and O–H groups in total. The Kier molecular flexibility index (Phi) is 7.76. The van der Waals surface area contributed by atoms with Gasteiger partial charge in [0.15, 0.2) is 15.7 Å². The van der Waals surface area contributed by atoms with Crippen molar-refractivity contribution in [1.29, 1.82) is 0 Å². The highest BCUT2D eigenvalue weighted by Crippen LogP contribution is 2.71. The Morgan fingerprint density at radius 3 is 2.57 bits per heavy atom. The van der Waals surface area contributed by atoms with Crippen molar-refractivity contribution in [3.05, 3.63) is 93.4 Å². The molecule has 8 rings (SSSR count). The molecular formula is C34H25F7N6O2S2. The summed E-state index contributed by atoms with van der Waals surface area (Å²) in [6.45, 7) is 0.788. The number of rotatable bonds is 8. The summed E-state index contributed by atoms with van der Waals surface area (Å²) in [6.07, 6.45) is -3.48. The average molecular weight is 747 g/mol. The summed E-state index contributed by atoms with van der Waals surface area (Å²) in [5, 5.41) is 8.92. The number of amides is 2. The minimum absolute atomic E-state index is 0.0991. The molecule has 2 amide bonds. The number of thiazole rings is 1. The number of carbonyl (C=O) groups is 2. The number of hydrogen-bond donors (Lipinski definition) is 2. The Labute approximate surface area is 292 Å². The topological polar surface area (TPSA) is 102 Å². The summed E-state index contributed by atoms with van der Waals surface area (Å²) < 4.78 is 104. The number of nitrogens with one attached hydrogen (secondary N) is 2. The largest absolute Gasteiger partial charge is 0.435 e. The van der Waals surface area contributed by atoms with Gasteiger partial charge >= 0.3 is 6.18 Å². The molecule has 3 aromatic heterocycles. The highest BCUT2D eigenvalue weighted by molar-refractivity contribution is 8.00. The number of halogens is 7. The second-order valence-electron chi connectivity index (χ2n) is 12.9. The number of fused-ring (bicyclic) bond motifs is 5. The van der Waals surface area contributed by atoms with E-state index < -0.39 is 76.9 Å². The molecule has 0 saturated heterocycles. The van der Waals surface area contributed by atoms with Crippen molar-refractivity contribution in [1.82, 2.24) is 30.4 Å². The second kappa shape index (κ2) is 11.8. The number of nitrogens with zero attached hydrogens (tertiary/aromatic N) is 4. The molecule has 1 aliphatic heterocycles. The van der Waals surface area contributed by atoms with Crippen molar-refractivity contribution in [2.75, 3.05) is 6.26 Å². The summed E-state index contributed by atoms with van der Waals surface area (Å²) in [4.78, 5) is 35.6. The molecule has 2 aromatic carbocycles. The van der Waals surface area contributed by atoms with E-state index in [1.165, 1.54) is 30.0 Å². The summed E-state index contributed by atoms with van der Waals surface area (Å²) >= 11 is 2.72. The van der Waals surface area contributed by atoms with Gasteiger partial charge in [-0.15, -0.1) is 11.3 Å². The molecule has 5 aromatic rings. The highest BCUT2D eigenvalue weighted by Gasteiger charge is 2.72. The molecule has 0 spiro atoms. The molecule has 4 heterocycles. The molecule has 8 nitrogen and oxygen atoms in total. The normalized spacial score (nSPS) is 20.6. The standard InChI is InChI=1S/C34H25F7N6O2S2/c1-13-24-25-28(34(39,40)41)46-47(29(25)33(37,38)26(13)24)12-23(48)43-21(7-14-5-17(35)9-18(36)6-14)27-19(10-22-30(44-27)45-32(50-2)51-22)15-3-4-16-11-42-31(49)20(16)8-15/h3-6,8-10,13,21,24,26H,7,11-12H2,1-2H3,(H,42,49)(H,43,48)/t13-,21+,24?,26?/m1/s1. The summed E-state index contributed by atoms with van der Waals surface area (Å²) in [6, 6.07) is 8.50. The van der Waals surface area contributed by atoms with E-state index in [1.807, 2.05) is 6.26 Å². The van der Waals surface area contributed by atoms with Crippen LogP contribution in [0.25, 0.3) is 21.5 Å². The van der Waals surface area contributed by atoms with E-state index in [1.54, 1.807) is 24.3 Å². The Morgan fingerprint density at radius 2 is 1.86 bits per heavy atom. The number of alkyl halides is 5. The van der Waals surface area contributed by atoms with Crippen molar-refractivity contribution in [2.45, 2.75) is 54.8 Å². The minimum atomic E-state index is -5.03. The van der Waals surface area contributed by atoms with Crippen LogP contribution in [-0.4, -0.2) is 37.8 Å². The Hall–Kier alpha value is -4.51. The molecule has 0 bridgehead atoms. The third-order valence-electron chi connectivity index (χ3n) is 9.70. The second-order valence-corrected chi connectivity index (χ2v) is 15.0. The fourth-order valence-electron chi connectivity index (χ4n) is 7.46. The van der Waals surface area contributed by atoms with Gasteiger partial charge in [-0.3, -0.25) is 14.3 Å². The van der Waals surface area contributed by atoms with E-state index in [0.717, 1.165) is 17.7 Å². The maximum absolute atomic E-state index is 15.5. The van der Waals surface area contributed by atoms with Crippen LogP contribution in [0.3, 0.4) is 0 Å². The van der Waals surface area contributed by atoms with Crippen LogP contribution in [0.1, 0.15) is 63.0 Å². The van der Waals surface area contributed by atoms with Gasteiger partial charge in [0, 0.05) is 41.1 Å². The van der Waals surface area contributed by atoms with Crippen LogP contribution in [0, 0.1) is 23.5 Å². The lowest BCUT2D eigenvalue weighted by Crippen LogP contribution is -2.35. The van der Waals surface area contributed by atoms with Crippen LogP contribution in [-0.2, 0) is 36.4 Å². The molecule has 2 unspecified atom stereocenters. The van der Waals surface area contributed by atoms with Gasteiger partial charge in [0.2, 0.25) is 5.91 Å². The third kappa shape index (κ3) is 5.64. The molecule has 1 saturated carbocycles. The van der Waals surface area contributed by atoms with Gasteiger partial charge in [-0.05, 0) is 59.6 Å². The van der Waals surface area contributed by atoms with Gasteiger partial charge < -0.3 is 10.6 Å². The van der Waals surface area contributed by atoms with Gasteiger partial charge in [-0.25, -0.2) is 18.7 Å². The molecule has 3 aliphatic rings. The quantitative estimate of drug-likeness (QED) is 0.127. The van der Waals surface area contributed by atoms with Crippen molar-refractivity contribution >= 4 is 45.3 Å². The molecule has 264 valence electrons. The third-order valence-corrected chi connectivity index (χ3v) is 11.7. The zero-order valence-corrected chi connectivity index (χ0v) is 28.2. The fraction of sp³-hybridized carbons (Fsp3) is 0.324. The lowest BCUT2D eigenvalue weighted by atomic mass is 9.93. The fourth-order valence-corrected chi connectivity index (χ4v) is 8.92. The van der Waals surface area contributed by atoms with Crippen molar-refractivity contribution in [3.63, 3.8) is 0 Å². The zero-order chi connectivity index (χ0) is 36.1. The Balaban J connectivity index is 1.23. The zero-order valence-electron chi connectivity index (χ0n) is 26.5. The molecular weight excluding hydrogens is 722 g/mol. The van der Waals surface area contributed by atoms with E-state index in [-0.39, 0.29) is 23.6 Å². The maximum Gasteiger partial charge on any atom is 0.435 e. The van der Waals surface area contributed by atoms with E-state index in [0.29, 0.717) is 48.7 Å². The van der Waals surface area contributed by atoms with Crippen LogP contribution in [0.5, 0.6) is 0 Å². The average Bonchev–Trinajstić information content (AvgIpc) is 3.42. The molecule has 4 atom stereocenters. The van der Waals surface area contributed by atoms with Crippen molar-refractivity contribution in [3.8, 4) is 11.1 Å². The first-order valence-electron chi connectivity index (χ1n) is 15.7. The molecule has 0 radical (unpaired) electrons. The number of pyridine rings is 1. The maximum atomic E-state index is 15.5. The Morgan fingerprint density at radius 1 is 1.12 bits per heavy atom. The molecule has 2 aliphatic carbocycles. The van der Waals surface area contributed by atoms with Crippen molar-refractivity contribution < 1.29 is 40.3 Å². The van der Waals surface area contributed by atoms with E-state index in [9.17, 15) is 31.5 Å². The van der Waals surface area contributed by atoms with E-state index >= 15 is 8.78 Å². The predicted octanol–water partition coefficient (Wildman–Crippen LogP) is 7.37. The highest BCUT2D eigenvalue weighted by atomic mass is 32.2. The number of thioether (sulfide) groups is 1. The number of benzene rings is 2. The number of hydrogen-bond acceptors (Lipinski definition) is 7. The SMILES string of the molecule is CSc1nc2nc([C@H](Cc3cc(F)cc(F)c3)NC(=O)Cn3nc(C(F)(F)F)c4c3C(F)(F)C3C4[C@H]3C)c(-c3ccc4c(c3)C(=O)NC4)cc2s1. The summed E-state index contributed by atoms with van der Waals surface area (Å²) in [5.41, 5.74) is -0.289. The lowest BCUT2D eigenvalue weighted by Gasteiger charge is -2.23. The van der Waals surface area contributed by atoms with Crippen LogP contribution < -0.4 is 10.6 Å². The molecule has 51 heavy (non-hydrogen) atoms. The van der Waals surface area contributed by atoms with Crippen LogP contribution >= 0.6 is 23.1 Å². The number of carbonyl (C=O) groups excluding carboxylic acids is 2. The van der Waals surface area contributed by atoms with E-state index in [4.69, 9.17) is 4.98 Å². The first kappa shape index (κ1) is 33.6. The Bertz CT molecular complexity index is 2270.